The van der Waals surface area contributed by atoms with Crippen LogP contribution in [-0.2, 0) is 9.59 Å². The lowest BCUT2D eigenvalue weighted by atomic mass is 10.1. The monoisotopic (exact) mass is 473 g/mol. The number of fused-ring (bicyclic) bond motifs is 1. The molecule has 2 heterocycles. The van der Waals surface area contributed by atoms with Crippen LogP contribution in [0.4, 0.5) is 17.1 Å². The molecule has 2 aromatic carbocycles. The zero-order valence-corrected chi connectivity index (χ0v) is 20.5. The van der Waals surface area contributed by atoms with Gasteiger partial charge < -0.3 is 24.3 Å². The summed E-state index contributed by atoms with van der Waals surface area (Å²) in [5.74, 6) is 1.01. The van der Waals surface area contributed by atoms with Crippen molar-refractivity contribution in [2.45, 2.75) is 19.3 Å². The summed E-state index contributed by atoms with van der Waals surface area (Å²) in [7, 11) is 5.34. The van der Waals surface area contributed by atoms with Crippen LogP contribution in [0.3, 0.4) is 0 Å². The van der Waals surface area contributed by atoms with Crippen molar-refractivity contribution in [1.82, 2.24) is 4.90 Å². The number of rotatable bonds is 6. The van der Waals surface area contributed by atoms with Crippen LogP contribution in [-0.4, -0.2) is 64.0 Å². The Morgan fingerprint density at radius 2 is 1.57 bits per heavy atom. The molecular weight excluding hydrogens is 442 g/mol. The minimum atomic E-state index is -0.308. The maximum atomic E-state index is 13.0. The van der Waals surface area contributed by atoms with E-state index >= 15 is 0 Å². The Labute approximate surface area is 206 Å². The number of hydrogen-bond acceptors (Lipinski definition) is 7. The van der Waals surface area contributed by atoms with Crippen LogP contribution in [0.1, 0.15) is 19.3 Å². The van der Waals surface area contributed by atoms with E-state index in [0.717, 1.165) is 42.3 Å². The number of Topliss-reactive ketones (excluding diaryl/α,β-unsaturated/α-hetero) is 1. The topological polar surface area (TPSA) is 80.1 Å². The minimum Gasteiger partial charge on any atom is -0.497 e. The van der Waals surface area contributed by atoms with Gasteiger partial charge in [0.2, 0.25) is 5.91 Å². The Balaban J connectivity index is 1.37. The highest BCUT2D eigenvalue weighted by Gasteiger charge is 2.31. The van der Waals surface area contributed by atoms with Crippen molar-refractivity contribution in [3.8, 4) is 11.8 Å². The average Bonchev–Trinajstić information content (AvgIpc) is 3.04. The van der Waals surface area contributed by atoms with E-state index in [1.54, 1.807) is 7.11 Å². The zero-order chi connectivity index (χ0) is 24.9. The number of carbonyl (C=O) groups is 2. The molecule has 0 atom stereocenters. The Morgan fingerprint density at radius 1 is 0.914 bits per heavy atom. The Kier molecular flexibility index (Phi) is 7.25. The summed E-state index contributed by atoms with van der Waals surface area (Å²) in [5.41, 5.74) is 3.06. The van der Waals surface area contributed by atoms with E-state index in [4.69, 9.17) is 4.74 Å². The first-order valence-corrected chi connectivity index (χ1v) is 11.9. The van der Waals surface area contributed by atoms with Crippen molar-refractivity contribution in [3.63, 3.8) is 0 Å². The van der Waals surface area contributed by atoms with Crippen molar-refractivity contribution in [3.05, 3.63) is 59.9 Å². The van der Waals surface area contributed by atoms with Crippen LogP contribution in [0.2, 0.25) is 0 Å². The van der Waals surface area contributed by atoms with Crippen molar-refractivity contribution in [2.24, 2.45) is 0 Å². The second kappa shape index (κ2) is 10.5. The molecule has 0 saturated carbocycles. The van der Waals surface area contributed by atoms with Gasteiger partial charge in [-0.05, 0) is 42.8 Å². The largest absolute Gasteiger partial charge is 0.497 e. The molecule has 8 nitrogen and oxygen atoms in total. The van der Waals surface area contributed by atoms with Crippen LogP contribution in [0.5, 0.6) is 5.75 Å². The van der Waals surface area contributed by atoms with Gasteiger partial charge in [-0.15, -0.1) is 0 Å². The number of nitrogens with zero attached hydrogens (tertiary/aromatic N) is 5. The summed E-state index contributed by atoms with van der Waals surface area (Å²) >= 11 is 0. The SMILES string of the molecule is COc1ccc(N2CCCN(C(=O)CCC(=O)C(C#N)=C3N(C)c4ccccc4N3C)CC2)cc1. The third-order valence-corrected chi connectivity index (χ3v) is 6.71. The average molecular weight is 474 g/mol. The lowest BCUT2D eigenvalue weighted by Gasteiger charge is -2.24. The van der Waals surface area contributed by atoms with Gasteiger partial charge in [-0.2, -0.15) is 5.26 Å². The number of carbonyl (C=O) groups excluding carboxylic acids is 2. The first kappa shape index (κ1) is 24.1. The molecule has 0 N–H and O–H groups in total. The third kappa shape index (κ3) is 4.94. The highest BCUT2D eigenvalue weighted by Crippen LogP contribution is 2.40. The van der Waals surface area contributed by atoms with E-state index in [9.17, 15) is 14.9 Å². The molecule has 0 aromatic heterocycles. The van der Waals surface area contributed by atoms with Crippen LogP contribution in [0.15, 0.2) is 59.9 Å². The van der Waals surface area contributed by atoms with Gasteiger partial charge in [-0.1, -0.05) is 12.1 Å². The van der Waals surface area contributed by atoms with Crippen molar-refractivity contribution in [1.29, 1.82) is 5.26 Å². The molecule has 0 aliphatic carbocycles. The fraction of sp³-hybridized carbons (Fsp3) is 0.370. The zero-order valence-electron chi connectivity index (χ0n) is 20.5. The highest BCUT2D eigenvalue weighted by molar-refractivity contribution is 6.03. The fourth-order valence-electron chi connectivity index (χ4n) is 4.78. The number of anilines is 3. The molecule has 2 aliphatic heterocycles. The van der Waals surface area contributed by atoms with Crippen molar-refractivity contribution in [2.75, 3.05) is 62.1 Å². The van der Waals surface area contributed by atoms with Gasteiger partial charge in [0, 0.05) is 58.8 Å². The summed E-state index contributed by atoms with van der Waals surface area (Å²) in [6.45, 7) is 2.85. The Morgan fingerprint density at radius 3 is 2.17 bits per heavy atom. The van der Waals surface area contributed by atoms with E-state index in [1.165, 1.54) is 0 Å². The molecule has 35 heavy (non-hydrogen) atoms. The first-order valence-electron chi connectivity index (χ1n) is 11.9. The number of ether oxygens (including phenoxy) is 1. The molecule has 1 fully saturated rings. The number of ketones is 1. The molecule has 2 aromatic rings. The predicted octanol–water partition coefficient (Wildman–Crippen LogP) is 3.40. The smallest absolute Gasteiger partial charge is 0.223 e. The number of benzene rings is 2. The van der Waals surface area contributed by atoms with E-state index in [-0.39, 0.29) is 30.1 Å². The molecular formula is C27H31N5O3. The summed E-state index contributed by atoms with van der Waals surface area (Å²) in [6.07, 6.45) is 0.967. The number of amides is 1. The summed E-state index contributed by atoms with van der Waals surface area (Å²) in [6, 6.07) is 17.8. The maximum absolute atomic E-state index is 13.0. The molecule has 0 radical (unpaired) electrons. The second-order valence-corrected chi connectivity index (χ2v) is 8.76. The quantitative estimate of drug-likeness (QED) is 0.470. The standard InChI is InChI=1S/C27H31N5O3/c1-29-23-7-4-5-8-24(23)30(2)27(29)22(19-28)25(33)13-14-26(34)32-16-6-15-31(17-18-32)20-9-11-21(35-3)12-10-20/h4-5,7-12H,6,13-18H2,1-3H3. The van der Waals surface area contributed by atoms with Crippen molar-refractivity contribution < 1.29 is 14.3 Å². The van der Waals surface area contributed by atoms with Gasteiger partial charge >= 0.3 is 0 Å². The fourth-order valence-corrected chi connectivity index (χ4v) is 4.78. The Hall–Kier alpha value is -3.99. The molecule has 1 amide bonds. The summed E-state index contributed by atoms with van der Waals surface area (Å²) in [4.78, 5) is 33.8. The second-order valence-electron chi connectivity index (χ2n) is 8.76. The van der Waals surface area contributed by atoms with E-state index in [2.05, 4.69) is 11.0 Å². The molecule has 182 valence electrons. The lowest BCUT2D eigenvalue weighted by molar-refractivity contribution is -0.132. The number of nitriles is 1. The van der Waals surface area contributed by atoms with Gasteiger partial charge in [0.25, 0.3) is 0 Å². The molecule has 8 heteroatoms. The van der Waals surface area contributed by atoms with Crippen LogP contribution >= 0.6 is 0 Å². The van der Waals surface area contributed by atoms with E-state index in [0.29, 0.717) is 18.9 Å². The number of methoxy groups -OCH3 is 1. The normalized spacial score (nSPS) is 15.4. The molecule has 0 bridgehead atoms. The predicted molar refractivity (Wildman–Crippen MR) is 137 cm³/mol. The maximum Gasteiger partial charge on any atom is 0.223 e. The molecule has 0 spiro atoms. The Bertz CT molecular complexity index is 1140. The first-order chi connectivity index (χ1) is 16.9. The third-order valence-electron chi connectivity index (χ3n) is 6.71. The van der Waals surface area contributed by atoms with Gasteiger partial charge in [-0.25, -0.2) is 0 Å². The number of para-hydroxylation sites is 2. The highest BCUT2D eigenvalue weighted by atomic mass is 16.5. The van der Waals surface area contributed by atoms with E-state index < -0.39 is 0 Å². The molecule has 0 unspecified atom stereocenters. The van der Waals surface area contributed by atoms with Gasteiger partial charge in [0.05, 0.1) is 18.5 Å². The van der Waals surface area contributed by atoms with Crippen molar-refractivity contribution >= 4 is 28.8 Å². The summed E-state index contributed by atoms with van der Waals surface area (Å²) in [5, 5.41) is 9.80. The molecule has 1 saturated heterocycles. The van der Waals surface area contributed by atoms with Crippen LogP contribution in [0, 0.1) is 11.3 Å². The van der Waals surface area contributed by atoms with Gasteiger partial charge in [-0.3, -0.25) is 9.59 Å². The number of allylic oxidation sites excluding steroid dienone is 1. The summed E-state index contributed by atoms with van der Waals surface area (Å²) < 4.78 is 5.23. The van der Waals surface area contributed by atoms with Gasteiger partial charge in [0.15, 0.2) is 5.78 Å². The van der Waals surface area contributed by atoms with E-state index in [1.807, 2.05) is 77.3 Å². The lowest BCUT2D eigenvalue weighted by Crippen LogP contribution is -2.35. The minimum absolute atomic E-state index is 0.0158. The molecule has 2 aliphatic rings. The molecule has 4 rings (SSSR count). The van der Waals surface area contributed by atoms with Crippen LogP contribution < -0.4 is 19.4 Å². The van der Waals surface area contributed by atoms with Gasteiger partial charge in [0.1, 0.15) is 23.2 Å². The van der Waals surface area contributed by atoms with Crippen LogP contribution in [0.25, 0.3) is 0 Å². The number of hydrogen-bond donors (Lipinski definition) is 0.